The predicted molar refractivity (Wildman–Crippen MR) is 77.8 cm³/mol. The van der Waals surface area contributed by atoms with Gasteiger partial charge in [0.05, 0.1) is 11.6 Å². The summed E-state index contributed by atoms with van der Waals surface area (Å²) in [6.07, 6.45) is 5.40. The molecule has 1 aliphatic rings. The maximum atomic E-state index is 5.53. The Hall–Kier alpha value is -0.490. The highest BCUT2D eigenvalue weighted by Crippen LogP contribution is 2.35. The van der Waals surface area contributed by atoms with Gasteiger partial charge in [-0.1, -0.05) is 0 Å². The zero-order chi connectivity index (χ0) is 13.6. The van der Waals surface area contributed by atoms with Crippen molar-refractivity contribution in [1.82, 2.24) is 10.3 Å². The molecule has 0 spiro atoms. The molecule has 1 aromatic heterocycles. The standard InChI is InChI=1S/C14H24N2O2S/c1-12-16-10-13(19-12)9-14(3-6-18-7-4-14)11-15-5-8-17-2/h10,15H,3-9,11H2,1-2H3. The maximum Gasteiger partial charge on any atom is 0.0896 e. The van der Waals surface area contributed by atoms with Crippen molar-refractivity contribution in [1.29, 1.82) is 0 Å². The lowest BCUT2D eigenvalue weighted by Gasteiger charge is -2.37. The molecule has 1 aromatic rings. The summed E-state index contributed by atoms with van der Waals surface area (Å²) in [6.45, 7) is 6.55. The van der Waals surface area contributed by atoms with E-state index in [1.54, 1.807) is 7.11 Å². The van der Waals surface area contributed by atoms with Crippen LogP contribution in [0.2, 0.25) is 0 Å². The van der Waals surface area contributed by atoms with Crippen LogP contribution in [0, 0.1) is 12.3 Å². The molecule has 1 N–H and O–H groups in total. The van der Waals surface area contributed by atoms with Gasteiger partial charge >= 0.3 is 0 Å². The Bertz CT molecular complexity index is 375. The van der Waals surface area contributed by atoms with E-state index in [1.165, 1.54) is 4.88 Å². The Morgan fingerprint density at radius 1 is 1.47 bits per heavy atom. The normalized spacial score (nSPS) is 18.6. The zero-order valence-electron chi connectivity index (χ0n) is 11.9. The van der Waals surface area contributed by atoms with Gasteiger partial charge in [-0.3, -0.25) is 0 Å². The van der Waals surface area contributed by atoms with E-state index in [-0.39, 0.29) is 0 Å². The molecule has 0 radical (unpaired) electrons. The SMILES string of the molecule is COCCNCC1(Cc2cnc(C)s2)CCOCC1. The van der Waals surface area contributed by atoms with Crippen molar-refractivity contribution in [2.75, 3.05) is 40.0 Å². The molecular weight excluding hydrogens is 260 g/mol. The van der Waals surface area contributed by atoms with Crippen LogP contribution in [-0.4, -0.2) is 45.0 Å². The van der Waals surface area contributed by atoms with Crippen LogP contribution in [0.5, 0.6) is 0 Å². The Labute approximate surface area is 119 Å². The van der Waals surface area contributed by atoms with Gasteiger partial charge in [0.1, 0.15) is 0 Å². The lowest BCUT2D eigenvalue weighted by Crippen LogP contribution is -2.41. The van der Waals surface area contributed by atoms with E-state index < -0.39 is 0 Å². The van der Waals surface area contributed by atoms with Crippen LogP contribution >= 0.6 is 11.3 Å². The van der Waals surface area contributed by atoms with E-state index in [2.05, 4.69) is 17.2 Å². The molecular formula is C14H24N2O2S. The third-order valence-electron chi connectivity index (χ3n) is 3.75. The molecule has 0 aliphatic carbocycles. The maximum absolute atomic E-state index is 5.53. The third-order valence-corrected chi connectivity index (χ3v) is 4.67. The quantitative estimate of drug-likeness (QED) is 0.778. The summed E-state index contributed by atoms with van der Waals surface area (Å²) in [4.78, 5) is 5.77. The second-order valence-corrected chi connectivity index (χ2v) is 6.62. The second kappa shape index (κ2) is 7.33. The molecule has 108 valence electrons. The molecule has 1 fully saturated rings. The van der Waals surface area contributed by atoms with E-state index in [0.29, 0.717) is 5.41 Å². The molecule has 0 aromatic carbocycles. The van der Waals surface area contributed by atoms with Crippen LogP contribution in [0.3, 0.4) is 0 Å². The van der Waals surface area contributed by atoms with Crippen LogP contribution in [-0.2, 0) is 15.9 Å². The monoisotopic (exact) mass is 284 g/mol. The first kappa shape index (κ1) is 14.9. The van der Waals surface area contributed by atoms with Crippen LogP contribution in [0.25, 0.3) is 0 Å². The van der Waals surface area contributed by atoms with Crippen LogP contribution < -0.4 is 5.32 Å². The van der Waals surface area contributed by atoms with Gasteiger partial charge in [-0.25, -0.2) is 4.98 Å². The smallest absolute Gasteiger partial charge is 0.0896 e. The van der Waals surface area contributed by atoms with Gasteiger partial charge in [-0.05, 0) is 31.6 Å². The summed E-state index contributed by atoms with van der Waals surface area (Å²) in [5, 5.41) is 4.68. The fourth-order valence-corrected chi connectivity index (χ4v) is 3.57. The highest BCUT2D eigenvalue weighted by molar-refractivity contribution is 7.11. The van der Waals surface area contributed by atoms with Crippen molar-refractivity contribution >= 4 is 11.3 Å². The average molecular weight is 284 g/mol. The Balaban J connectivity index is 1.93. The summed E-state index contributed by atoms with van der Waals surface area (Å²) in [5.74, 6) is 0. The predicted octanol–water partition coefficient (Wildman–Crippen LogP) is 2.03. The minimum absolute atomic E-state index is 0.324. The van der Waals surface area contributed by atoms with Gasteiger partial charge in [-0.2, -0.15) is 0 Å². The molecule has 2 rings (SSSR count). The molecule has 2 heterocycles. The Morgan fingerprint density at radius 2 is 2.26 bits per heavy atom. The summed E-state index contributed by atoms with van der Waals surface area (Å²) in [7, 11) is 1.74. The van der Waals surface area contributed by atoms with E-state index in [9.17, 15) is 0 Å². The molecule has 0 unspecified atom stereocenters. The number of hydrogen-bond acceptors (Lipinski definition) is 5. The van der Waals surface area contributed by atoms with E-state index in [0.717, 1.165) is 57.2 Å². The van der Waals surface area contributed by atoms with Crippen LogP contribution in [0.15, 0.2) is 6.20 Å². The molecule has 0 atom stereocenters. The number of nitrogens with one attached hydrogen (secondary N) is 1. The molecule has 0 bridgehead atoms. The largest absolute Gasteiger partial charge is 0.383 e. The van der Waals surface area contributed by atoms with Gasteiger partial charge in [0.2, 0.25) is 0 Å². The molecule has 19 heavy (non-hydrogen) atoms. The van der Waals surface area contributed by atoms with Crippen molar-refractivity contribution in [2.45, 2.75) is 26.2 Å². The first-order valence-electron chi connectivity index (χ1n) is 6.93. The summed E-state index contributed by atoms with van der Waals surface area (Å²) >= 11 is 1.82. The molecule has 0 saturated carbocycles. The van der Waals surface area contributed by atoms with Gasteiger partial charge in [-0.15, -0.1) is 11.3 Å². The van der Waals surface area contributed by atoms with Gasteiger partial charge in [0.15, 0.2) is 0 Å². The number of rotatable bonds is 7. The highest BCUT2D eigenvalue weighted by Gasteiger charge is 2.33. The molecule has 1 saturated heterocycles. The summed E-state index contributed by atoms with van der Waals surface area (Å²) < 4.78 is 10.6. The number of ether oxygens (including phenoxy) is 2. The zero-order valence-corrected chi connectivity index (χ0v) is 12.7. The molecule has 1 aliphatic heterocycles. The van der Waals surface area contributed by atoms with Gasteiger partial charge < -0.3 is 14.8 Å². The van der Waals surface area contributed by atoms with Crippen LogP contribution in [0.4, 0.5) is 0 Å². The van der Waals surface area contributed by atoms with E-state index in [1.807, 2.05) is 17.5 Å². The minimum atomic E-state index is 0.324. The van der Waals surface area contributed by atoms with Crippen molar-refractivity contribution in [3.8, 4) is 0 Å². The van der Waals surface area contributed by atoms with Gasteiger partial charge in [0.25, 0.3) is 0 Å². The minimum Gasteiger partial charge on any atom is -0.383 e. The van der Waals surface area contributed by atoms with Crippen LogP contribution in [0.1, 0.15) is 22.7 Å². The Kier molecular flexibility index (Phi) is 5.76. The number of thiazole rings is 1. The summed E-state index contributed by atoms with van der Waals surface area (Å²) in [6, 6.07) is 0. The Morgan fingerprint density at radius 3 is 2.89 bits per heavy atom. The number of methoxy groups -OCH3 is 1. The second-order valence-electron chi connectivity index (χ2n) is 5.30. The number of hydrogen-bond donors (Lipinski definition) is 1. The molecule has 5 heteroatoms. The lowest BCUT2D eigenvalue weighted by molar-refractivity contribution is 0.0147. The fourth-order valence-electron chi connectivity index (χ4n) is 2.60. The van der Waals surface area contributed by atoms with E-state index in [4.69, 9.17) is 9.47 Å². The lowest BCUT2D eigenvalue weighted by atomic mass is 9.77. The van der Waals surface area contributed by atoms with Crippen molar-refractivity contribution < 1.29 is 9.47 Å². The average Bonchev–Trinajstić information content (AvgIpc) is 2.81. The molecule has 0 amide bonds. The highest BCUT2D eigenvalue weighted by atomic mass is 32.1. The van der Waals surface area contributed by atoms with Crippen molar-refractivity contribution in [3.63, 3.8) is 0 Å². The van der Waals surface area contributed by atoms with Crippen molar-refractivity contribution in [2.24, 2.45) is 5.41 Å². The van der Waals surface area contributed by atoms with Crippen molar-refractivity contribution in [3.05, 3.63) is 16.1 Å². The molecule has 4 nitrogen and oxygen atoms in total. The first-order chi connectivity index (χ1) is 9.24. The number of nitrogens with zero attached hydrogens (tertiary/aromatic N) is 1. The number of aryl methyl sites for hydroxylation is 1. The third kappa shape index (κ3) is 4.53. The van der Waals surface area contributed by atoms with E-state index >= 15 is 0 Å². The summed E-state index contributed by atoms with van der Waals surface area (Å²) in [5.41, 5.74) is 0.324. The topological polar surface area (TPSA) is 43.4 Å². The fraction of sp³-hybridized carbons (Fsp3) is 0.786. The van der Waals surface area contributed by atoms with Gasteiger partial charge in [0, 0.05) is 44.5 Å². The first-order valence-corrected chi connectivity index (χ1v) is 7.74. The number of aromatic nitrogens is 1.